The molecule has 2 heteroatoms. The molecule has 0 amide bonds. The molecule has 0 spiro atoms. The third-order valence-electron chi connectivity index (χ3n) is 3.36. The second kappa shape index (κ2) is 5.54. The molecule has 3 rings (SSSR count). The molecule has 0 aliphatic heterocycles. The second-order valence-corrected chi connectivity index (χ2v) is 5.55. The van der Waals surface area contributed by atoms with Crippen molar-refractivity contribution in [1.29, 1.82) is 0 Å². The topological polar surface area (TPSA) is 26.0 Å². The van der Waals surface area contributed by atoms with E-state index in [0.717, 1.165) is 21.3 Å². The van der Waals surface area contributed by atoms with Crippen LogP contribution >= 0.6 is 0 Å². The molecule has 3 aromatic rings. The molecule has 1 radical (unpaired) electrons. The first-order valence-electron chi connectivity index (χ1n) is 6.47. The van der Waals surface area contributed by atoms with E-state index < -0.39 is 0 Å². The van der Waals surface area contributed by atoms with E-state index in [1.807, 2.05) is 30.3 Å². The zero-order valence-corrected chi connectivity index (χ0v) is 12.6. The van der Waals surface area contributed by atoms with E-state index in [2.05, 4.69) is 58.5 Å². The third kappa shape index (κ3) is 2.36. The van der Waals surface area contributed by atoms with Crippen molar-refractivity contribution in [3.8, 4) is 22.3 Å². The van der Waals surface area contributed by atoms with Crippen molar-refractivity contribution in [1.82, 2.24) is 0 Å². The fourth-order valence-corrected chi connectivity index (χ4v) is 2.92. The Balaban J connectivity index is 2.25. The quantitative estimate of drug-likeness (QED) is 0.568. The summed E-state index contributed by atoms with van der Waals surface area (Å²) in [6, 6.07) is 24.7. The summed E-state index contributed by atoms with van der Waals surface area (Å²) in [5.74, 6) is 0. The zero-order chi connectivity index (χ0) is 13.9. The Kier molecular flexibility index (Phi) is 3.60. The van der Waals surface area contributed by atoms with Crippen molar-refractivity contribution in [3.05, 3.63) is 72.8 Å². The minimum atomic E-state index is 0.803. The molecule has 0 bridgehead atoms. The summed E-state index contributed by atoms with van der Waals surface area (Å²) in [6.45, 7) is 0. The summed E-state index contributed by atoms with van der Waals surface area (Å²) in [6.07, 6.45) is 0. The number of hydrogen-bond acceptors (Lipinski definition) is 1. The predicted octanol–water partition coefficient (Wildman–Crippen LogP) is 3.40. The Morgan fingerprint density at radius 1 is 0.550 bits per heavy atom. The number of nitrogens with two attached hydrogens (primary N) is 1. The SMILES string of the molecule is Nc1ccccc1-c1ccccc1-c1ccccc1[Se]. The Hall–Kier alpha value is -2.02. The van der Waals surface area contributed by atoms with Gasteiger partial charge in [0.1, 0.15) is 0 Å². The average molecular weight is 323 g/mol. The zero-order valence-electron chi connectivity index (χ0n) is 10.9. The maximum absolute atomic E-state index is 6.13. The van der Waals surface area contributed by atoms with Crippen LogP contribution in [0.1, 0.15) is 0 Å². The van der Waals surface area contributed by atoms with Crippen molar-refractivity contribution in [2.45, 2.75) is 0 Å². The first-order chi connectivity index (χ1) is 9.77. The van der Waals surface area contributed by atoms with Crippen LogP contribution in [-0.2, 0) is 0 Å². The van der Waals surface area contributed by atoms with Crippen LogP contribution in [0.4, 0.5) is 5.69 Å². The van der Waals surface area contributed by atoms with Gasteiger partial charge in [-0.25, -0.2) is 0 Å². The first-order valence-corrected chi connectivity index (χ1v) is 7.33. The van der Waals surface area contributed by atoms with E-state index in [9.17, 15) is 0 Å². The van der Waals surface area contributed by atoms with Crippen LogP contribution in [0.25, 0.3) is 22.3 Å². The molecular formula is C18H14NSe. The molecule has 20 heavy (non-hydrogen) atoms. The van der Waals surface area contributed by atoms with Gasteiger partial charge in [-0.1, -0.05) is 0 Å². The van der Waals surface area contributed by atoms with E-state index in [1.54, 1.807) is 0 Å². The van der Waals surface area contributed by atoms with Gasteiger partial charge in [0.2, 0.25) is 0 Å². The van der Waals surface area contributed by atoms with Crippen molar-refractivity contribution >= 4 is 26.2 Å². The second-order valence-electron chi connectivity index (χ2n) is 4.63. The molecule has 0 atom stereocenters. The summed E-state index contributed by atoms with van der Waals surface area (Å²) in [4.78, 5) is 0. The number of anilines is 1. The molecule has 2 N–H and O–H groups in total. The third-order valence-corrected chi connectivity index (χ3v) is 4.10. The fourth-order valence-electron chi connectivity index (χ4n) is 2.38. The maximum atomic E-state index is 6.13. The molecule has 1 nitrogen and oxygen atoms in total. The molecule has 0 aliphatic rings. The van der Waals surface area contributed by atoms with Crippen LogP contribution in [0.3, 0.4) is 0 Å². The average Bonchev–Trinajstić information content (AvgIpc) is 2.48. The van der Waals surface area contributed by atoms with Crippen LogP contribution in [-0.4, -0.2) is 16.0 Å². The van der Waals surface area contributed by atoms with Gasteiger partial charge in [-0.2, -0.15) is 0 Å². The van der Waals surface area contributed by atoms with Gasteiger partial charge in [-0.3, -0.25) is 0 Å². The molecule has 0 aliphatic carbocycles. The Labute approximate surface area is 127 Å². The number of nitrogen functional groups attached to an aromatic ring is 1. The Bertz CT molecular complexity index is 685. The van der Waals surface area contributed by atoms with Gasteiger partial charge in [0.25, 0.3) is 0 Å². The Morgan fingerprint density at radius 2 is 1.00 bits per heavy atom. The normalized spacial score (nSPS) is 10.4. The monoisotopic (exact) mass is 324 g/mol. The van der Waals surface area contributed by atoms with Crippen LogP contribution in [0.2, 0.25) is 0 Å². The number of rotatable bonds is 2. The molecule has 0 saturated heterocycles. The summed E-state index contributed by atoms with van der Waals surface area (Å²) in [5, 5.41) is 0. The van der Waals surface area contributed by atoms with Gasteiger partial charge >= 0.3 is 127 Å². The molecule has 0 saturated carbocycles. The molecule has 0 unspecified atom stereocenters. The van der Waals surface area contributed by atoms with Crippen molar-refractivity contribution in [2.24, 2.45) is 0 Å². The van der Waals surface area contributed by atoms with E-state index >= 15 is 0 Å². The van der Waals surface area contributed by atoms with E-state index in [1.165, 1.54) is 11.1 Å². The van der Waals surface area contributed by atoms with E-state index in [-0.39, 0.29) is 0 Å². The van der Waals surface area contributed by atoms with Gasteiger partial charge in [0, 0.05) is 0 Å². The summed E-state index contributed by atoms with van der Waals surface area (Å²) in [5.41, 5.74) is 11.6. The molecular weight excluding hydrogens is 309 g/mol. The van der Waals surface area contributed by atoms with Crippen LogP contribution in [0.5, 0.6) is 0 Å². The summed E-state index contributed by atoms with van der Waals surface area (Å²) < 4.78 is 1.15. The van der Waals surface area contributed by atoms with Crippen LogP contribution in [0, 0.1) is 0 Å². The van der Waals surface area contributed by atoms with Gasteiger partial charge < -0.3 is 0 Å². The number of hydrogen-bond donors (Lipinski definition) is 1. The number of benzene rings is 3. The van der Waals surface area contributed by atoms with Crippen molar-refractivity contribution < 1.29 is 0 Å². The minimum absolute atomic E-state index is 0.803. The van der Waals surface area contributed by atoms with E-state index in [4.69, 9.17) is 5.73 Å². The van der Waals surface area contributed by atoms with E-state index in [0.29, 0.717) is 0 Å². The van der Waals surface area contributed by atoms with Gasteiger partial charge in [0.05, 0.1) is 0 Å². The standard InChI is InChI=1S/C18H14NSe/c19-17-11-5-3-9-15(17)13-7-1-2-8-14(13)16-10-4-6-12-18(16)20/h1-12H,19H2. The number of para-hydroxylation sites is 1. The van der Waals surface area contributed by atoms with Gasteiger partial charge in [-0.15, -0.1) is 0 Å². The van der Waals surface area contributed by atoms with Crippen molar-refractivity contribution in [3.63, 3.8) is 0 Å². The summed E-state index contributed by atoms with van der Waals surface area (Å²) in [7, 11) is 0. The summed E-state index contributed by atoms with van der Waals surface area (Å²) >= 11 is 3.13. The molecule has 0 heterocycles. The Morgan fingerprint density at radius 3 is 1.60 bits per heavy atom. The molecule has 0 fully saturated rings. The predicted molar refractivity (Wildman–Crippen MR) is 87.1 cm³/mol. The van der Waals surface area contributed by atoms with Crippen molar-refractivity contribution in [2.75, 3.05) is 5.73 Å². The van der Waals surface area contributed by atoms with Gasteiger partial charge in [-0.05, 0) is 0 Å². The fraction of sp³-hybridized carbons (Fsp3) is 0. The molecule has 3 aromatic carbocycles. The molecule has 97 valence electrons. The first kappa shape index (κ1) is 13.0. The van der Waals surface area contributed by atoms with Crippen LogP contribution in [0.15, 0.2) is 72.8 Å². The van der Waals surface area contributed by atoms with Crippen LogP contribution < -0.4 is 10.2 Å². The van der Waals surface area contributed by atoms with Gasteiger partial charge in [0.15, 0.2) is 0 Å². The molecule has 0 aromatic heterocycles.